The van der Waals surface area contributed by atoms with Crippen molar-refractivity contribution in [3.05, 3.63) is 47.2 Å². The minimum Gasteiger partial charge on any atom is -0.496 e. The van der Waals surface area contributed by atoms with Crippen LogP contribution in [0.1, 0.15) is 12.5 Å². The van der Waals surface area contributed by atoms with Crippen molar-refractivity contribution >= 4 is 29.4 Å². The first kappa shape index (κ1) is 16.0. The Morgan fingerprint density at radius 3 is 2.73 bits per heavy atom. The van der Waals surface area contributed by atoms with Gasteiger partial charge in [-0.2, -0.15) is 0 Å². The second-order valence-corrected chi connectivity index (χ2v) is 5.12. The van der Waals surface area contributed by atoms with Gasteiger partial charge in [0.05, 0.1) is 25.8 Å². The van der Waals surface area contributed by atoms with E-state index in [9.17, 15) is 4.79 Å². The first-order valence-electron chi connectivity index (χ1n) is 6.74. The lowest BCUT2D eigenvalue weighted by Gasteiger charge is -2.27. The van der Waals surface area contributed by atoms with Crippen molar-refractivity contribution in [2.24, 2.45) is 0 Å². The molecule has 2 N–H and O–H groups in total. The van der Waals surface area contributed by atoms with Crippen LogP contribution in [0.3, 0.4) is 0 Å². The molecule has 2 rings (SSSR count). The number of thiocarbonyl (C=S) groups is 1. The zero-order chi connectivity index (χ0) is 16.1. The molecule has 0 saturated heterocycles. The highest BCUT2D eigenvalue weighted by Crippen LogP contribution is 2.21. The Hall–Kier alpha value is -2.34. The number of hydrogen-bond acceptors (Lipinski definition) is 4. The minimum absolute atomic E-state index is 0.355. The maximum absolute atomic E-state index is 12.0. The molecule has 0 aliphatic carbocycles. The molecule has 0 aromatic heterocycles. The number of esters is 1. The zero-order valence-electron chi connectivity index (χ0n) is 12.7. The van der Waals surface area contributed by atoms with Crippen LogP contribution in [-0.4, -0.2) is 31.3 Å². The third-order valence-electron chi connectivity index (χ3n) is 3.32. The Labute approximate surface area is 135 Å². The van der Waals surface area contributed by atoms with Crippen molar-refractivity contribution in [2.45, 2.75) is 13.0 Å². The average molecular weight is 318 g/mol. The number of carbonyl (C=O) groups is 1. The molecule has 0 spiro atoms. The highest BCUT2D eigenvalue weighted by Gasteiger charge is 2.27. The van der Waals surface area contributed by atoms with Crippen LogP contribution in [-0.2, 0) is 9.53 Å². The summed E-state index contributed by atoms with van der Waals surface area (Å²) in [5.74, 6) is 0.366. The van der Waals surface area contributed by atoms with Gasteiger partial charge in [-0.25, -0.2) is 4.79 Å². The fourth-order valence-corrected chi connectivity index (χ4v) is 2.54. The van der Waals surface area contributed by atoms with Crippen LogP contribution in [0.5, 0.6) is 5.75 Å². The van der Waals surface area contributed by atoms with E-state index >= 15 is 0 Å². The highest BCUT2D eigenvalue weighted by molar-refractivity contribution is 7.80. The molecule has 1 aromatic carbocycles. The Bertz CT molecular complexity index is 653. The molecule has 0 unspecified atom stereocenters. The monoisotopic (exact) mass is 318 g/mol. The number of benzene rings is 1. The molecule has 1 aromatic rings. The van der Waals surface area contributed by atoms with Crippen LogP contribution >= 0.6 is 12.2 Å². The van der Waals surface area contributed by atoms with Crippen molar-refractivity contribution in [2.75, 3.05) is 14.2 Å². The van der Waals surface area contributed by atoms with E-state index in [2.05, 4.69) is 10.6 Å². The topological polar surface area (TPSA) is 59.6 Å². The van der Waals surface area contributed by atoms with Gasteiger partial charge in [0.15, 0.2) is 5.11 Å². The lowest BCUT2D eigenvalue weighted by atomic mass is 10.0. The third kappa shape index (κ3) is 3.46. The molecule has 6 heteroatoms. The molecule has 0 bridgehead atoms. The van der Waals surface area contributed by atoms with E-state index in [1.165, 1.54) is 7.11 Å². The number of hydrogen-bond donors (Lipinski definition) is 2. The standard InChI is InChI=1S/C16H18N2O3S/c1-10-14(15(19)21-3)12(18-16(22)17-10)9-8-11-6-4-5-7-13(11)20-2/h4-9,12H,1-3H3,(H2,17,18,22)/b9-8+/t12-/m1/s1. The Morgan fingerprint density at radius 2 is 2.05 bits per heavy atom. The quantitative estimate of drug-likeness (QED) is 0.654. The van der Waals surface area contributed by atoms with E-state index in [1.807, 2.05) is 36.4 Å². The fraction of sp³-hybridized carbons (Fsp3) is 0.250. The van der Waals surface area contributed by atoms with Crippen LogP contribution < -0.4 is 15.4 Å². The zero-order valence-corrected chi connectivity index (χ0v) is 13.5. The molecule has 1 aliphatic heterocycles. The first-order chi connectivity index (χ1) is 10.6. The van der Waals surface area contributed by atoms with E-state index in [0.29, 0.717) is 16.4 Å². The number of nitrogens with one attached hydrogen (secondary N) is 2. The normalized spacial score (nSPS) is 18.0. The maximum Gasteiger partial charge on any atom is 0.337 e. The number of methoxy groups -OCH3 is 2. The molecular formula is C16H18N2O3S. The van der Waals surface area contributed by atoms with Gasteiger partial charge in [-0.3, -0.25) is 0 Å². The predicted molar refractivity (Wildman–Crippen MR) is 89.4 cm³/mol. The number of para-hydroxylation sites is 1. The number of ether oxygens (including phenoxy) is 2. The van der Waals surface area contributed by atoms with Crippen LogP contribution in [0, 0.1) is 0 Å². The fourth-order valence-electron chi connectivity index (χ4n) is 2.26. The Balaban J connectivity index is 2.33. The number of rotatable bonds is 4. The lowest BCUT2D eigenvalue weighted by molar-refractivity contribution is -0.136. The van der Waals surface area contributed by atoms with Gasteiger partial charge >= 0.3 is 5.97 Å². The average Bonchev–Trinajstić information content (AvgIpc) is 2.52. The molecule has 0 saturated carbocycles. The highest BCUT2D eigenvalue weighted by atomic mass is 32.1. The summed E-state index contributed by atoms with van der Waals surface area (Å²) in [5.41, 5.74) is 2.10. The summed E-state index contributed by atoms with van der Waals surface area (Å²) in [6.07, 6.45) is 3.75. The van der Waals surface area contributed by atoms with Gasteiger partial charge < -0.3 is 20.1 Å². The van der Waals surface area contributed by atoms with Crippen LogP contribution in [0.2, 0.25) is 0 Å². The van der Waals surface area contributed by atoms with E-state index in [4.69, 9.17) is 21.7 Å². The number of allylic oxidation sites excluding steroid dienone is 1. The van der Waals surface area contributed by atoms with E-state index < -0.39 is 5.97 Å². The molecule has 1 heterocycles. The smallest absolute Gasteiger partial charge is 0.337 e. The maximum atomic E-state index is 12.0. The van der Waals surface area contributed by atoms with Crippen molar-refractivity contribution in [1.29, 1.82) is 0 Å². The van der Waals surface area contributed by atoms with Gasteiger partial charge in [0, 0.05) is 11.3 Å². The summed E-state index contributed by atoms with van der Waals surface area (Å²) in [6.45, 7) is 1.79. The molecule has 22 heavy (non-hydrogen) atoms. The summed E-state index contributed by atoms with van der Waals surface area (Å²) >= 11 is 5.15. The van der Waals surface area contributed by atoms with Crippen LogP contribution in [0.15, 0.2) is 41.6 Å². The van der Waals surface area contributed by atoms with Crippen LogP contribution in [0.25, 0.3) is 6.08 Å². The van der Waals surface area contributed by atoms with Crippen molar-refractivity contribution in [3.63, 3.8) is 0 Å². The second kappa shape index (κ2) is 7.09. The van der Waals surface area contributed by atoms with Gasteiger partial charge in [0.2, 0.25) is 0 Å². The van der Waals surface area contributed by atoms with Crippen molar-refractivity contribution in [1.82, 2.24) is 10.6 Å². The summed E-state index contributed by atoms with van der Waals surface area (Å²) in [6, 6.07) is 7.28. The number of carbonyl (C=O) groups excluding carboxylic acids is 1. The molecule has 0 amide bonds. The molecule has 5 nitrogen and oxygen atoms in total. The van der Waals surface area contributed by atoms with E-state index in [-0.39, 0.29) is 6.04 Å². The SMILES string of the molecule is COC(=O)C1=C(C)NC(=S)N[C@@H]1/C=C/c1ccccc1OC. The van der Waals surface area contributed by atoms with Crippen LogP contribution in [0.4, 0.5) is 0 Å². The van der Waals surface area contributed by atoms with Gasteiger partial charge in [0.1, 0.15) is 5.75 Å². The Kier molecular flexibility index (Phi) is 5.16. The predicted octanol–water partition coefficient (Wildman–Crippen LogP) is 2.00. The summed E-state index contributed by atoms with van der Waals surface area (Å²) < 4.78 is 10.2. The molecular weight excluding hydrogens is 300 g/mol. The minimum atomic E-state index is -0.394. The van der Waals surface area contributed by atoms with E-state index in [0.717, 1.165) is 11.3 Å². The van der Waals surface area contributed by atoms with Gasteiger partial charge in [-0.15, -0.1) is 0 Å². The summed E-state index contributed by atoms with van der Waals surface area (Å²) in [4.78, 5) is 12.0. The van der Waals surface area contributed by atoms with Gasteiger partial charge in [0.25, 0.3) is 0 Å². The second-order valence-electron chi connectivity index (χ2n) is 4.71. The largest absolute Gasteiger partial charge is 0.496 e. The van der Waals surface area contributed by atoms with Gasteiger partial charge in [-0.05, 0) is 25.2 Å². The summed E-state index contributed by atoms with van der Waals surface area (Å²) in [7, 11) is 2.98. The van der Waals surface area contributed by atoms with Crippen molar-refractivity contribution < 1.29 is 14.3 Å². The molecule has 1 aliphatic rings. The first-order valence-corrected chi connectivity index (χ1v) is 7.15. The molecule has 1 atom stereocenters. The van der Waals surface area contributed by atoms with Gasteiger partial charge in [-0.1, -0.05) is 30.4 Å². The lowest BCUT2D eigenvalue weighted by Crippen LogP contribution is -2.48. The summed E-state index contributed by atoms with van der Waals surface area (Å²) in [5, 5.41) is 6.46. The molecule has 116 valence electrons. The van der Waals surface area contributed by atoms with Crippen molar-refractivity contribution in [3.8, 4) is 5.75 Å². The van der Waals surface area contributed by atoms with E-state index in [1.54, 1.807) is 14.0 Å². The molecule has 0 fully saturated rings. The Morgan fingerprint density at radius 1 is 1.32 bits per heavy atom. The molecule has 0 radical (unpaired) electrons. The third-order valence-corrected chi connectivity index (χ3v) is 3.54.